The number of likely N-dealkylation sites (N-methyl/N-ethyl adjacent to an activating group) is 1. The highest BCUT2D eigenvalue weighted by atomic mass is 16.2. The van der Waals surface area contributed by atoms with Crippen LogP contribution in [0.2, 0.25) is 0 Å². The number of para-hydroxylation sites is 1. The fraction of sp³-hybridized carbons (Fsp3) is 0.625. The van der Waals surface area contributed by atoms with Crippen molar-refractivity contribution in [3.63, 3.8) is 0 Å². The highest BCUT2D eigenvalue weighted by Gasteiger charge is 2.63. The number of fused-ring (bicyclic) bond motifs is 3. The van der Waals surface area contributed by atoms with Gasteiger partial charge in [0.15, 0.2) is 0 Å². The van der Waals surface area contributed by atoms with E-state index in [1.165, 1.54) is 0 Å². The zero-order valence-electron chi connectivity index (χ0n) is 19.0. The van der Waals surface area contributed by atoms with Gasteiger partial charge in [0.1, 0.15) is 0 Å². The van der Waals surface area contributed by atoms with E-state index in [4.69, 9.17) is 0 Å². The van der Waals surface area contributed by atoms with Gasteiger partial charge in [0.05, 0.1) is 11.3 Å². The van der Waals surface area contributed by atoms with Crippen LogP contribution in [0.1, 0.15) is 49.9 Å². The first-order chi connectivity index (χ1) is 15.5. The maximum atomic E-state index is 13.8. The summed E-state index contributed by atoms with van der Waals surface area (Å²) in [6.07, 6.45) is 2.37. The SMILES string of the molecule is CCN1CCN([C@@H](C)CNC(=O)[C@]23CCC(=O)N2c2ccccc2C(=O)N3C2CC2)CC1. The zero-order chi connectivity index (χ0) is 22.5. The van der Waals surface area contributed by atoms with E-state index in [9.17, 15) is 14.4 Å². The number of carbonyl (C=O) groups excluding carboxylic acids is 3. The minimum Gasteiger partial charge on any atom is -0.351 e. The maximum Gasteiger partial charge on any atom is 0.267 e. The number of hydrogen-bond donors (Lipinski definition) is 1. The molecule has 32 heavy (non-hydrogen) atoms. The number of amides is 3. The lowest BCUT2D eigenvalue weighted by atomic mass is 9.95. The van der Waals surface area contributed by atoms with Crippen LogP contribution in [-0.2, 0) is 9.59 Å². The van der Waals surface area contributed by atoms with Gasteiger partial charge in [0.25, 0.3) is 11.8 Å². The van der Waals surface area contributed by atoms with Crippen molar-refractivity contribution in [1.29, 1.82) is 0 Å². The topological polar surface area (TPSA) is 76.2 Å². The fourth-order valence-electron chi connectivity index (χ4n) is 5.58. The van der Waals surface area contributed by atoms with Crippen LogP contribution in [0.15, 0.2) is 24.3 Å². The molecule has 3 aliphatic heterocycles. The molecule has 0 aromatic heterocycles. The Morgan fingerprint density at radius 3 is 2.56 bits per heavy atom. The molecule has 2 saturated heterocycles. The summed E-state index contributed by atoms with van der Waals surface area (Å²) in [7, 11) is 0. The predicted octanol–water partition coefficient (Wildman–Crippen LogP) is 1.27. The zero-order valence-corrected chi connectivity index (χ0v) is 19.0. The Balaban J connectivity index is 1.39. The van der Waals surface area contributed by atoms with Crippen molar-refractivity contribution >= 4 is 23.4 Å². The van der Waals surface area contributed by atoms with Crippen molar-refractivity contribution in [2.45, 2.75) is 57.3 Å². The maximum absolute atomic E-state index is 13.8. The van der Waals surface area contributed by atoms with Crippen molar-refractivity contribution in [3.05, 3.63) is 29.8 Å². The molecule has 0 spiro atoms. The van der Waals surface area contributed by atoms with Gasteiger partial charge in [-0.25, -0.2) is 0 Å². The summed E-state index contributed by atoms with van der Waals surface area (Å²) < 4.78 is 0. The van der Waals surface area contributed by atoms with Gasteiger partial charge < -0.3 is 15.1 Å². The summed E-state index contributed by atoms with van der Waals surface area (Å²) in [6, 6.07) is 7.41. The van der Waals surface area contributed by atoms with E-state index in [1.807, 2.05) is 12.1 Å². The molecular weight excluding hydrogens is 406 g/mol. The summed E-state index contributed by atoms with van der Waals surface area (Å²) in [6.45, 7) is 9.95. The minimum atomic E-state index is -1.25. The van der Waals surface area contributed by atoms with Crippen LogP contribution < -0.4 is 10.2 Å². The molecule has 5 rings (SSSR count). The van der Waals surface area contributed by atoms with Crippen LogP contribution in [0, 0.1) is 0 Å². The summed E-state index contributed by atoms with van der Waals surface area (Å²) >= 11 is 0. The molecule has 0 radical (unpaired) electrons. The Bertz CT molecular complexity index is 924. The van der Waals surface area contributed by atoms with Crippen LogP contribution in [0.25, 0.3) is 0 Å². The van der Waals surface area contributed by atoms with Gasteiger partial charge in [-0.05, 0) is 38.4 Å². The molecule has 1 aromatic carbocycles. The molecule has 8 nitrogen and oxygen atoms in total. The summed E-state index contributed by atoms with van der Waals surface area (Å²) in [5.41, 5.74) is -0.166. The van der Waals surface area contributed by atoms with Gasteiger partial charge >= 0.3 is 0 Å². The molecule has 3 fully saturated rings. The molecule has 1 N–H and O–H groups in total. The Labute approximate surface area is 189 Å². The lowest BCUT2D eigenvalue weighted by Gasteiger charge is -2.49. The van der Waals surface area contributed by atoms with Gasteiger partial charge in [0.2, 0.25) is 11.6 Å². The van der Waals surface area contributed by atoms with Crippen molar-refractivity contribution in [2.24, 2.45) is 0 Å². The standard InChI is InChI=1S/C24H33N5O3/c1-3-26-12-14-27(15-13-26)17(2)16-25-23(32)24-11-10-21(30)29(24)20-7-5-4-6-19(20)22(31)28(24)18-8-9-18/h4-7,17-18H,3,8-16H2,1-2H3,(H,25,32)/t17-,24-/m0/s1. The third-order valence-corrected chi connectivity index (χ3v) is 7.61. The molecule has 8 heteroatoms. The van der Waals surface area contributed by atoms with E-state index in [2.05, 4.69) is 29.0 Å². The molecule has 0 bridgehead atoms. The number of anilines is 1. The smallest absolute Gasteiger partial charge is 0.267 e. The van der Waals surface area contributed by atoms with Crippen molar-refractivity contribution in [3.8, 4) is 0 Å². The second-order valence-corrected chi connectivity index (χ2v) is 9.50. The lowest BCUT2D eigenvalue weighted by Crippen LogP contribution is -2.71. The largest absolute Gasteiger partial charge is 0.351 e. The summed E-state index contributed by atoms with van der Waals surface area (Å²) in [5.74, 6) is -0.445. The van der Waals surface area contributed by atoms with E-state index in [1.54, 1.807) is 21.9 Å². The minimum absolute atomic E-state index is 0.0227. The molecule has 4 aliphatic rings. The van der Waals surface area contributed by atoms with E-state index >= 15 is 0 Å². The van der Waals surface area contributed by atoms with Gasteiger partial charge in [0, 0.05) is 57.6 Å². The highest BCUT2D eigenvalue weighted by molar-refractivity contribution is 6.16. The molecule has 1 saturated carbocycles. The first-order valence-corrected chi connectivity index (χ1v) is 12.0. The predicted molar refractivity (Wildman–Crippen MR) is 121 cm³/mol. The van der Waals surface area contributed by atoms with Crippen LogP contribution >= 0.6 is 0 Å². The molecule has 0 unspecified atom stereocenters. The molecule has 1 aliphatic carbocycles. The van der Waals surface area contributed by atoms with Gasteiger partial charge in [-0.1, -0.05) is 19.1 Å². The van der Waals surface area contributed by atoms with Crippen LogP contribution in [0.4, 0.5) is 5.69 Å². The monoisotopic (exact) mass is 439 g/mol. The molecular formula is C24H33N5O3. The summed E-state index contributed by atoms with van der Waals surface area (Å²) in [4.78, 5) is 48.5. The molecule has 2 atom stereocenters. The Morgan fingerprint density at radius 1 is 1.16 bits per heavy atom. The number of benzene rings is 1. The average Bonchev–Trinajstić information content (AvgIpc) is 3.59. The van der Waals surface area contributed by atoms with Gasteiger partial charge in [-0.15, -0.1) is 0 Å². The normalized spacial score (nSPS) is 27.3. The van der Waals surface area contributed by atoms with Gasteiger partial charge in [-0.3, -0.25) is 24.2 Å². The Morgan fingerprint density at radius 2 is 1.88 bits per heavy atom. The molecule has 3 amide bonds. The Kier molecular flexibility index (Phi) is 5.45. The van der Waals surface area contributed by atoms with E-state index in [0.29, 0.717) is 24.2 Å². The lowest BCUT2D eigenvalue weighted by molar-refractivity contribution is -0.134. The highest BCUT2D eigenvalue weighted by Crippen LogP contribution is 2.48. The third kappa shape index (κ3) is 3.31. The fourth-order valence-corrected chi connectivity index (χ4v) is 5.58. The number of hydrogen-bond acceptors (Lipinski definition) is 5. The molecule has 172 valence electrons. The average molecular weight is 440 g/mol. The second-order valence-electron chi connectivity index (χ2n) is 9.50. The third-order valence-electron chi connectivity index (χ3n) is 7.61. The number of rotatable bonds is 6. The second kappa shape index (κ2) is 8.15. The van der Waals surface area contributed by atoms with Crippen molar-refractivity contribution < 1.29 is 14.4 Å². The van der Waals surface area contributed by atoms with Crippen LogP contribution in [0.5, 0.6) is 0 Å². The first kappa shape index (κ1) is 21.4. The summed E-state index contributed by atoms with van der Waals surface area (Å²) in [5, 5.41) is 3.14. The Hall–Kier alpha value is -2.45. The van der Waals surface area contributed by atoms with Crippen LogP contribution in [-0.4, -0.2) is 89.4 Å². The molecule has 3 heterocycles. The number of nitrogens with one attached hydrogen (secondary N) is 1. The number of piperazine rings is 1. The number of carbonyl (C=O) groups is 3. The number of nitrogens with zero attached hydrogens (tertiary/aromatic N) is 4. The van der Waals surface area contributed by atoms with Crippen molar-refractivity contribution in [1.82, 2.24) is 20.0 Å². The van der Waals surface area contributed by atoms with Crippen LogP contribution in [0.3, 0.4) is 0 Å². The van der Waals surface area contributed by atoms with E-state index < -0.39 is 5.66 Å². The van der Waals surface area contributed by atoms with Gasteiger partial charge in [-0.2, -0.15) is 0 Å². The first-order valence-electron chi connectivity index (χ1n) is 12.0. The van der Waals surface area contributed by atoms with E-state index in [-0.39, 0.29) is 36.2 Å². The van der Waals surface area contributed by atoms with E-state index in [0.717, 1.165) is 45.6 Å². The quantitative estimate of drug-likeness (QED) is 0.723. The molecule has 1 aromatic rings. The van der Waals surface area contributed by atoms with Crippen molar-refractivity contribution in [2.75, 3.05) is 44.2 Å².